The van der Waals surface area contributed by atoms with Gasteiger partial charge in [0.2, 0.25) is 10.0 Å². The number of carboxylic acids is 1. The molecule has 0 saturated heterocycles. The monoisotopic (exact) mass is 457 g/mol. The number of hydrogen-bond acceptors (Lipinski definition) is 5. The third-order valence-electron chi connectivity index (χ3n) is 5.32. The number of hydrogen-bond donors (Lipinski definition) is 2. The molecule has 2 aromatic carbocycles. The Hall–Kier alpha value is -2.68. The van der Waals surface area contributed by atoms with Gasteiger partial charge in [-0.3, -0.25) is 4.79 Å². The zero-order valence-corrected chi connectivity index (χ0v) is 19.2. The molecule has 6 nitrogen and oxygen atoms in total. The van der Waals surface area contributed by atoms with Crippen molar-refractivity contribution in [3.05, 3.63) is 52.2 Å². The highest BCUT2D eigenvalue weighted by atomic mass is 32.2. The Morgan fingerprint density at radius 3 is 2.39 bits per heavy atom. The third-order valence-corrected chi connectivity index (χ3v) is 7.72. The van der Waals surface area contributed by atoms with Crippen molar-refractivity contribution in [3.63, 3.8) is 0 Å². The molecular formula is C23H23NO5S2. The first-order valence-electron chi connectivity index (χ1n) is 9.85. The molecule has 0 spiro atoms. The summed E-state index contributed by atoms with van der Waals surface area (Å²) in [5, 5.41) is 11.0. The van der Waals surface area contributed by atoms with Gasteiger partial charge in [-0.05, 0) is 61.2 Å². The average molecular weight is 458 g/mol. The second-order valence-electron chi connectivity index (χ2n) is 7.98. The van der Waals surface area contributed by atoms with Crippen molar-refractivity contribution in [3.8, 4) is 11.1 Å². The lowest BCUT2D eigenvalue weighted by Crippen LogP contribution is -2.44. The van der Waals surface area contributed by atoms with E-state index in [9.17, 15) is 18.3 Å². The summed E-state index contributed by atoms with van der Waals surface area (Å²) in [6.07, 6.45) is 0. The predicted octanol–water partition coefficient (Wildman–Crippen LogP) is 5.32. The molecule has 2 heterocycles. The molecule has 0 aliphatic heterocycles. The van der Waals surface area contributed by atoms with Crippen LogP contribution in [0.2, 0.25) is 0 Å². The Balaban J connectivity index is 1.77. The van der Waals surface area contributed by atoms with E-state index >= 15 is 0 Å². The Morgan fingerprint density at radius 2 is 1.77 bits per heavy atom. The molecule has 4 aromatic rings. The van der Waals surface area contributed by atoms with Gasteiger partial charge in [-0.15, -0.1) is 11.3 Å². The summed E-state index contributed by atoms with van der Waals surface area (Å²) in [6, 6.07) is 11.5. The van der Waals surface area contributed by atoms with Crippen molar-refractivity contribution in [1.82, 2.24) is 4.72 Å². The van der Waals surface area contributed by atoms with Crippen LogP contribution < -0.4 is 4.72 Å². The second kappa shape index (κ2) is 7.78. The lowest BCUT2D eigenvalue weighted by molar-refractivity contribution is -0.140. The number of benzene rings is 2. The van der Waals surface area contributed by atoms with Gasteiger partial charge in [0.25, 0.3) is 0 Å². The van der Waals surface area contributed by atoms with E-state index < -0.39 is 28.0 Å². The first-order valence-corrected chi connectivity index (χ1v) is 12.2. The summed E-state index contributed by atoms with van der Waals surface area (Å²) in [5.41, 5.74) is 3.35. The lowest BCUT2D eigenvalue weighted by Gasteiger charge is -2.17. The number of furan rings is 1. The van der Waals surface area contributed by atoms with Gasteiger partial charge in [0, 0.05) is 26.6 Å². The van der Waals surface area contributed by atoms with Crippen molar-refractivity contribution >= 4 is 49.3 Å². The van der Waals surface area contributed by atoms with E-state index in [0.717, 1.165) is 16.3 Å². The fraction of sp³-hybridized carbons (Fsp3) is 0.261. The number of thiophene rings is 1. The van der Waals surface area contributed by atoms with Crippen LogP contribution in [0.4, 0.5) is 0 Å². The van der Waals surface area contributed by atoms with E-state index in [0.29, 0.717) is 11.2 Å². The fourth-order valence-electron chi connectivity index (χ4n) is 3.72. The van der Waals surface area contributed by atoms with Crippen LogP contribution in [0.5, 0.6) is 0 Å². The van der Waals surface area contributed by atoms with Gasteiger partial charge in [0.15, 0.2) is 0 Å². The number of carboxylic acid groups (broad SMARTS) is 1. The van der Waals surface area contributed by atoms with Crippen LogP contribution in [0.25, 0.3) is 33.1 Å². The van der Waals surface area contributed by atoms with Crippen LogP contribution in [-0.4, -0.2) is 25.5 Å². The van der Waals surface area contributed by atoms with E-state index in [1.54, 1.807) is 31.3 Å². The molecule has 0 aliphatic rings. The van der Waals surface area contributed by atoms with Gasteiger partial charge in [-0.1, -0.05) is 19.9 Å². The first-order chi connectivity index (χ1) is 14.6. The fourth-order valence-corrected chi connectivity index (χ4v) is 6.02. The van der Waals surface area contributed by atoms with Gasteiger partial charge >= 0.3 is 5.97 Å². The molecule has 0 unspecified atom stereocenters. The molecule has 0 bridgehead atoms. The summed E-state index contributed by atoms with van der Waals surface area (Å²) in [4.78, 5) is 13.9. The number of nitrogens with one attached hydrogen (secondary N) is 1. The number of rotatable bonds is 6. The average Bonchev–Trinajstić information content (AvgIpc) is 3.23. The highest BCUT2D eigenvalue weighted by Crippen LogP contribution is 2.36. The van der Waals surface area contributed by atoms with E-state index in [1.165, 1.54) is 27.5 Å². The van der Waals surface area contributed by atoms with Gasteiger partial charge in [0.1, 0.15) is 17.2 Å². The van der Waals surface area contributed by atoms with Gasteiger partial charge < -0.3 is 9.52 Å². The molecular weight excluding hydrogens is 434 g/mol. The molecule has 8 heteroatoms. The molecule has 0 saturated carbocycles. The maximum Gasteiger partial charge on any atom is 0.322 e. The minimum atomic E-state index is -4.02. The van der Waals surface area contributed by atoms with Crippen LogP contribution >= 0.6 is 11.3 Å². The second-order valence-corrected chi connectivity index (χ2v) is 11.2. The van der Waals surface area contributed by atoms with Gasteiger partial charge in [-0.2, -0.15) is 4.72 Å². The molecule has 2 N–H and O–H groups in total. The molecule has 0 aliphatic carbocycles. The number of aliphatic carboxylic acids is 1. The van der Waals surface area contributed by atoms with Crippen LogP contribution in [0.1, 0.15) is 23.6 Å². The van der Waals surface area contributed by atoms with Crippen molar-refractivity contribution in [1.29, 1.82) is 0 Å². The normalized spacial score (nSPS) is 13.3. The maximum absolute atomic E-state index is 12.8. The van der Waals surface area contributed by atoms with Crippen LogP contribution in [0.15, 0.2) is 51.8 Å². The summed E-state index contributed by atoms with van der Waals surface area (Å²) in [6.45, 7) is 7.48. The van der Waals surface area contributed by atoms with Crippen molar-refractivity contribution in [2.75, 3.05) is 0 Å². The highest BCUT2D eigenvalue weighted by molar-refractivity contribution is 7.89. The Labute approximate surface area is 184 Å². The lowest BCUT2D eigenvalue weighted by atomic mass is 10.0. The Kier molecular flexibility index (Phi) is 5.41. The minimum absolute atomic E-state index is 0.0320. The molecule has 1 atom stereocenters. The van der Waals surface area contributed by atoms with E-state index in [4.69, 9.17) is 4.42 Å². The number of aryl methyl sites for hydroxylation is 2. The largest absolute Gasteiger partial charge is 0.480 e. The molecule has 4 rings (SSSR count). The summed E-state index contributed by atoms with van der Waals surface area (Å²) >= 11 is 1.75. The summed E-state index contributed by atoms with van der Waals surface area (Å²) in [7, 11) is -4.02. The first kappa shape index (κ1) is 21.5. The highest BCUT2D eigenvalue weighted by Gasteiger charge is 2.28. The van der Waals surface area contributed by atoms with E-state index in [2.05, 4.69) is 30.7 Å². The topological polar surface area (TPSA) is 96.6 Å². The third kappa shape index (κ3) is 3.98. The van der Waals surface area contributed by atoms with Gasteiger partial charge in [-0.25, -0.2) is 8.42 Å². The van der Waals surface area contributed by atoms with Crippen LogP contribution in [-0.2, 0) is 14.8 Å². The van der Waals surface area contributed by atoms with Crippen molar-refractivity contribution in [2.24, 2.45) is 5.92 Å². The SMILES string of the molecule is Cc1cc(-c2ccc3oc4cc(S(=O)(=O)N[C@H](C(=O)O)C(C)C)ccc4c3c2)c(C)s1. The molecule has 0 radical (unpaired) electrons. The van der Waals surface area contributed by atoms with Crippen LogP contribution in [0.3, 0.4) is 0 Å². The number of fused-ring (bicyclic) bond motifs is 3. The summed E-state index contributed by atoms with van der Waals surface area (Å²) < 4.78 is 33.7. The van der Waals surface area contributed by atoms with E-state index in [-0.39, 0.29) is 4.90 Å². The number of carbonyl (C=O) groups is 1. The van der Waals surface area contributed by atoms with Gasteiger partial charge in [0.05, 0.1) is 4.90 Å². The van der Waals surface area contributed by atoms with Crippen molar-refractivity contribution < 1.29 is 22.7 Å². The summed E-state index contributed by atoms with van der Waals surface area (Å²) in [5.74, 6) is -1.61. The molecule has 31 heavy (non-hydrogen) atoms. The number of sulfonamides is 1. The predicted molar refractivity (Wildman–Crippen MR) is 123 cm³/mol. The molecule has 162 valence electrons. The molecule has 0 amide bonds. The Bertz CT molecular complexity index is 1410. The zero-order valence-electron chi connectivity index (χ0n) is 17.6. The van der Waals surface area contributed by atoms with E-state index in [1.807, 2.05) is 12.1 Å². The smallest absolute Gasteiger partial charge is 0.322 e. The van der Waals surface area contributed by atoms with Crippen molar-refractivity contribution in [2.45, 2.75) is 38.6 Å². The Morgan fingerprint density at radius 1 is 1.03 bits per heavy atom. The standard InChI is InChI=1S/C23H23NO5S2/c1-12(2)22(23(25)26)24-31(27,28)16-6-7-17-19-10-15(18-9-13(3)30-14(18)4)5-8-20(19)29-21(17)11-16/h5-12,22,24H,1-4H3,(H,25,26)/t22-/m0/s1. The quantitative estimate of drug-likeness (QED) is 0.408. The van der Waals surface area contributed by atoms with Crippen LogP contribution in [0, 0.1) is 19.8 Å². The molecule has 2 aromatic heterocycles. The molecule has 0 fully saturated rings. The minimum Gasteiger partial charge on any atom is -0.480 e. The maximum atomic E-state index is 12.8. The zero-order chi connectivity index (χ0) is 22.5.